The fourth-order valence-corrected chi connectivity index (χ4v) is 2.51. The van der Waals surface area contributed by atoms with Crippen LogP contribution in [0.15, 0.2) is 30.5 Å². The van der Waals surface area contributed by atoms with Crippen molar-refractivity contribution < 1.29 is 4.74 Å². The van der Waals surface area contributed by atoms with Gasteiger partial charge in [0.1, 0.15) is 11.4 Å². The van der Waals surface area contributed by atoms with E-state index in [-0.39, 0.29) is 5.41 Å². The maximum absolute atomic E-state index is 5.57. The molecule has 0 bridgehead atoms. The molecule has 1 aromatic carbocycles. The summed E-state index contributed by atoms with van der Waals surface area (Å²) in [7, 11) is 1.68. The lowest BCUT2D eigenvalue weighted by Gasteiger charge is -2.23. The van der Waals surface area contributed by atoms with Gasteiger partial charge in [-0.1, -0.05) is 32.9 Å². The van der Waals surface area contributed by atoms with E-state index in [4.69, 9.17) is 10.5 Å². The first-order chi connectivity index (χ1) is 10.5. The van der Waals surface area contributed by atoms with Gasteiger partial charge >= 0.3 is 0 Å². The summed E-state index contributed by atoms with van der Waals surface area (Å²) < 4.78 is 7.44. The highest BCUT2D eigenvalue weighted by molar-refractivity contribution is 5.56. The molecule has 2 aromatic rings. The van der Waals surface area contributed by atoms with Gasteiger partial charge in [-0.3, -0.25) is 0 Å². The summed E-state index contributed by atoms with van der Waals surface area (Å²) in [5.41, 5.74) is 8.65. The first-order valence-corrected chi connectivity index (χ1v) is 7.65. The van der Waals surface area contributed by atoms with E-state index in [2.05, 4.69) is 31.2 Å². The van der Waals surface area contributed by atoms with Crippen molar-refractivity contribution in [2.75, 3.05) is 25.5 Å². The Balaban J connectivity index is 2.48. The molecule has 0 fully saturated rings. The van der Waals surface area contributed by atoms with Crippen LogP contribution in [0.1, 0.15) is 32.9 Å². The summed E-state index contributed by atoms with van der Waals surface area (Å²) >= 11 is 0. The van der Waals surface area contributed by atoms with Crippen LogP contribution in [0.4, 0.5) is 5.69 Å². The molecule has 0 unspecified atom stereocenters. The second-order valence-electron chi connectivity index (χ2n) is 6.31. The van der Waals surface area contributed by atoms with Crippen molar-refractivity contribution in [1.29, 1.82) is 0 Å². The van der Waals surface area contributed by atoms with E-state index in [1.54, 1.807) is 7.11 Å². The summed E-state index contributed by atoms with van der Waals surface area (Å²) in [6.45, 7) is 8.08. The molecule has 0 atom stereocenters. The molecule has 5 heteroatoms. The molecule has 0 aliphatic carbocycles. The van der Waals surface area contributed by atoms with Gasteiger partial charge in [-0.25, -0.2) is 4.68 Å². The van der Waals surface area contributed by atoms with Gasteiger partial charge in [0.25, 0.3) is 0 Å². The number of anilines is 1. The smallest absolute Gasteiger partial charge is 0.144 e. The molecule has 0 aliphatic rings. The highest BCUT2D eigenvalue weighted by Gasteiger charge is 2.25. The topological polar surface area (TPSA) is 65.1 Å². The molecule has 0 spiro atoms. The maximum atomic E-state index is 5.57. The molecule has 0 saturated carbocycles. The van der Waals surface area contributed by atoms with Crippen molar-refractivity contribution in [3.63, 3.8) is 0 Å². The molecule has 2 rings (SSSR count). The zero-order valence-electron chi connectivity index (χ0n) is 13.9. The number of ether oxygens (including phenoxy) is 1. The number of aromatic nitrogens is 2. The van der Waals surface area contributed by atoms with Gasteiger partial charge in [-0.15, -0.1) is 0 Å². The lowest BCUT2D eigenvalue weighted by molar-refractivity contribution is 0.410. The summed E-state index contributed by atoms with van der Waals surface area (Å²) in [6.07, 6.45) is 2.81. The molecular weight excluding hydrogens is 276 g/mol. The zero-order chi connectivity index (χ0) is 16.2. The van der Waals surface area contributed by atoms with E-state index < -0.39 is 0 Å². The predicted octanol–water partition coefficient (Wildman–Crippen LogP) is 2.94. The molecule has 1 heterocycles. The minimum absolute atomic E-state index is 0.0532. The van der Waals surface area contributed by atoms with E-state index in [1.165, 1.54) is 0 Å². The average molecular weight is 302 g/mol. The van der Waals surface area contributed by atoms with Gasteiger partial charge in [-0.2, -0.15) is 5.10 Å². The Morgan fingerprint density at radius 3 is 2.64 bits per heavy atom. The number of hydrogen-bond acceptors (Lipinski definition) is 4. The summed E-state index contributed by atoms with van der Waals surface area (Å²) in [5, 5.41) is 8.03. The summed E-state index contributed by atoms with van der Waals surface area (Å²) in [6, 6.07) is 7.92. The summed E-state index contributed by atoms with van der Waals surface area (Å²) in [5.74, 6) is 0.810. The van der Waals surface area contributed by atoms with E-state index in [0.29, 0.717) is 6.54 Å². The number of methoxy groups -OCH3 is 1. The summed E-state index contributed by atoms with van der Waals surface area (Å²) in [4.78, 5) is 0. The monoisotopic (exact) mass is 302 g/mol. The predicted molar refractivity (Wildman–Crippen MR) is 91.0 cm³/mol. The molecule has 0 saturated heterocycles. The van der Waals surface area contributed by atoms with Crippen molar-refractivity contribution in [1.82, 2.24) is 9.78 Å². The molecule has 5 nitrogen and oxygen atoms in total. The Morgan fingerprint density at radius 2 is 2.00 bits per heavy atom. The Hall–Kier alpha value is -2.01. The molecular formula is C17H26N4O. The van der Waals surface area contributed by atoms with E-state index in [1.807, 2.05) is 35.1 Å². The highest BCUT2D eigenvalue weighted by atomic mass is 16.5. The number of para-hydroxylation sites is 2. The standard InChI is InChI=1S/C17H26N4O/c1-17(2,3)16-13(19-11-7-10-18)12-20-21(16)14-8-5-6-9-15(14)22-4/h5-6,8-9,12,19H,7,10-11,18H2,1-4H3. The second kappa shape index (κ2) is 6.83. The zero-order valence-corrected chi connectivity index (χ0v) is 13.9. The van der Waals surface area contributed by atoms with Crippen LogP contribution in [0, 0.1) is 0 Å². The van der Waals surface area contributed by atoms with Crippen LogP contribution in [-0.4, -0.2) is 30.0 Å². The number of nitrogens with two attached hydrogens (primary N) is 1. The van der Waals surface area contributed by atoms with Crippen LogP contribution in [0.5, 0.6) is 5.75 Å². The van der Waals surface area contributed by atoms with Gasteiger partial charge in [0, 0.05) is 12.0 Å². The van der Waals surface area contributed by atoms with Crippen LogP contribution in [0.3, 0.4) is 0 Å². The van der Waals surface area contributed by atoms with E-state index in [0.717, 1.165) is 35.8 Å². The van der Waals surface area contributed by atoms with Gasteiger partial charge in [0.05, 0.1) is 24.7 Å². The van der Waals surface area contributed by atoms with E-state index in [9.17, 15) is 0 Å². The van der Waals surface area contributed by atoms with Crippen molar-refractivity contribution in [2.24, 2.45) is 5.73 Å². The highest BCUT2D eigenvalue weighted by Crippen LogP contribution is 2.34. The molecule has 3 N–H and O–H groups in total. The molecule has 22 heavy (non-hydrogen) atoms. The average Bonchev–Trinajstić information content (AvgIpc) is 2.91. The Morgan fingerprint density at radius 1 is 1.27 bits per heavy atom. The number of nitrogens with one attached hydrogen (secondary N) is 1. The SMILES string of the molecule is COc1ccccc1-n1ncc(NCCCN)c1C(C)(C)C. The Labute approximate surface area is 132 Å². The Bertz CT molecular complexity index is 613. The lowest BCUT2D eigenvalue weighted by Crippen LogP contribution is -2.20. The van der Waals surface area contributed by atoms with Gasteiger partial charge in [0.2, 0.25) is 0 Å². The molecule has 0 radical (unpaired) electrons. The number of rotatable bonds is 6. The first-order valence-electron chi connectivity index (χ1n) is 7.65. The third-order valence-corrected chi connectivity index (χ3v) is 3.49. The Kier molecular flexibility index (Phi) is 5.08. The van der Waals surface area contributed by atoms with Crippen LogP contribution in [-0.2, 0) is 5.41 Å². The van der Waals surface area contributed by atoms with Crippen molar-refractivity contribution in [3.05, 3.63) is 36.2 Å². The van der Waals surface area contributed by atoms with Gasteiger partial charge in [0.15, 0.2) is 0 Å². The number of hydrogen-bond donors (Lipinski definition) is 2. The normalized spacial score (nSPS) is 11.5. The van der Waals surface area contributed by atoms with Crippen molar-refractivity contribution in [2.45, 2.75) is 32.6 Å². The molecule has 0 aliphatic heterocycles. The quantitative estimate of drug-likeness (QED) is 0.805. The van der Waals surface area contributed by atoms with Crippen molar-refractivity contribution >= 4 is 5.69 Å². The van der Waals surface area contributed by atoms with Crippen LogP contribution < -0.4 is 15.8 Å². The lowest BCUT2D eigenvalue weighted by atomic mass is 9.90. The third kappa shape index (κ3) is 3.42. The van der Waals surface area contributed by atoms with Gasteiger partial charge < -0.3 is 15.8 Å². The van der Waals surface area contributed by atoms with Crippen LogP contribution in [0.25, 0.3) is 5.69 Å². The minimum Gasteiger partial charge on any atom is -0.494 e. The number of benzene rings is 1. The fraction of sp³-hybridized carbons (Fsp3) is 0.471. The van der Waals surface area contributed by atoms with Gasteiger partial charge in [-0.05, 0) is 25.1 Å². The van der Waals surface area contributed by atoms with Crippen LogP contribution in [0.2, 0.25) is 0 Å². The molecule has 0 amide bonds. The molecule has 120 valence electrons. The van der Waals surface area contributed by atoms with E-state index >= 15 is 0 Å². The van der Waals surface area contributed by atoms with Crippen molar-refractivity contribution in [3.8, 4) is 11.4 Å². The number of nitrogens with zero attached hydrogens (tertiary/aromatic N) is 2. The fourth-order valence-electron chi connectivity index (χ4n) is 2.51. The second-order valence-corrected chi connectivity index (χ2v) is 6.31. The molecule has 1 aromatic heterocycles. The first kappa shape index (κ1) is 16.4. The maximum Gasteiger partial charge on any atom is 0.144 e. The van der Waals surface area contributed by atoms with Crippen LogP contribution >= 0.6 is 0 Å². The third-order valence-electron chi connectivity index (χ3n) is 3.49. The minimum atomic E-state index is -0.0532. The largest absolute Gasteiger partial charge is 0.494 e.